The maximum absolute atomic E-state index is 5.43. The third kappa shape index (κ3) is 4.94. The average molecular weight is 300 g/mol. The fourth-order valence-electron chi connectivity index (χ4n) is 3.40. The van der Waals surface area contributed by atoms with Gasteiger partial charge in [0, 0.05) is 26.2 Å². The molecule has 120 valence electrons. The first kappa shape index (κ1) is 15.7. The third-order valence-corrected chi connectivity index (χ3v) is 4.80. The molecule has 0 spiro atoms. The van der Waals surface area contributed by atoms with Crippen molar-refractivity contribution in [2.75, 3.05) is 52.5 Å². The molecule has 0 N–H and O–H groups in total. The van der Waals surface area contributed by atoms with Gasteiger partial charge in [0.05, 0.1) is 13.2 Å². The summed E-state index contributed by atoms with van der Waals surface area (Å²) in [4.78, 5) is 5.16. The van der Waals surface area contributed by atoms with E-state index >= 15 is 0 Å². The van der Waals surface area contributed by atoms with E-state index in [0.717, 1.165) is 38.8 Å². The van der Waals surface area contributed by atoms with Gasteiger partial charge >= 0.3 is 0 Å². The summed E-state index contributed by atoms with van der Waals surface area (Å²) in [6.45, 7) is 8.94. The molecule has 3 heteroatoms. The molecule has 3 rings (SSSR count). The van der Waals surface area contributed by atoms with E-state index in [4.69, 9.17) is 4.74 Å². The molecule has 0 aliphatic carbocycles. The minimum atomic E-state index is 0.882. The maximum Gasteiger partial charge on any atom is 0.0594 e. The van der Waals surface area contributed by atoms with E-state index in [1.165, 1.54) is 38.0 Å². The fourth-order valence-corrected chi connectivity index (χ4v) is 3.40. The SMILES string of the molecule is C(=C\c1ccccc1)/CN1CCC(CN2CCOCC2)CC1. The van der Waals surface area contributed by atoms with Crippen LogP contribution in [0.5, 0.6) is 0 Å². The molecule has 2 aliphatic rings. The molecule has 0 unspecified atom stereocenters. The topological polar surface area (TPSA) is 15.7 Å². The molecule has 0 aromatic heterocycles. The summed E-state index contributed by atoms with van der Waals surface area (Å²) in [6, 6.07) is 10.6. The zero-order valence-corrected chi connectivity index (χ0v) is 13.5. The van der Waals surface area contributed by atoms with Gasteiger partial charge < -0.3 is 4.74 Å². The molecule has 2 aliphatic heterocycles. The van der Waals surface area contributed by atoms with Crippen molar-refractivity contribution in [1.29, 1.82) is 0 Å². The fraction of sp³-hybridized carbons (Fsp3) is 0.579. The van der Waals surface area contributed by atoms with Crippen LogP contribution >= 0.6 is 0 Å². The Morgan fingerprint density at radius 1 is 0.955 bits per heavy atom. The van der Waals surface area contributed by atoms with Crippen LogP contribution in [0, 0.1) is 5.92 Å². The molecule has 1 aromatic rings. The summed E-state index contributed by atoms with van der Waals surface area (Å²) in [5, 5.41) is 0. The lowest BCUT2D eigenvalue weighted by Gasteiger charge is -2.35. The van der Waals surface area contributed by atoms with Gasteiger partial charge in [-0.05, 0) is 37.4 Å². The predicted molar refractivity (Wildman–Crippen MR) is 91.9 cm³/mol. The van der Waals surface area contributed by atoms with Crippen molar-refractivity contribution in [2.24, 2.45) is 5.92 Å². The number of piperidine rings is 1. The van der Waals surface area contributed by atoms with E-state index in [1.807, 2.05) is 0 Å². The Morgan fingerprint density at radius 3 is 2.41 bits per heavy atom. The summed E-state index contributed by atoms with van der Waals surface area (Å²) in [7, 11) is 0. The highest BCUT2D eigenvalue weighted by Crippen LogP contribution is 2.19. The van der Waals surface area contributed by atoms with Crippen molar-refractivity contribution >= 4 is 6.08 Å². The minimum absolute atomic E-state index is 0.882. The lowest BCUT2D eigenvalue weighted by molar-refractivity contribution is 0.0250. The second kappa shape index (κ2) is 8.47. The second-order valence-electron chi connectivity index (χ2n) is 6.47. The lowest BCUT2D eigenvalue weighted by atomic mass is 9.96. The Balaban J connectivity index is 1.35. The monoisotopic (exact) mass is 300 g/mol. The molecule has 0 amide bonds. The minimum Gasteiger partial charge on any atom is -0.379 e. The number of nitrogens with zero attached hydrogens (tertiary/aromatic N) is 2. The largest absolute Gasteiger partial charge is 0.379 e. The molecule has 2 heterocycles. The first-order valence-electron chi connectivity index (χ1n) is 8.64. The average Bonchev–Trinajstić information content (AvgIpc) is 2.58. The number of morpholine rings is 1. The number of likely N-dealkylation sites (tertiary alicyclic amines) is 1. The van der Waals surface area contributed by atoms with Gasteiger partial charge in [-0.15, -0.1) is 0 Å². The van der Waals surface area contributed by atoms with Crippen LogP contribution in [-0.4, -0.2) is 62.3 Å². The van der Waals surface area contributed by atoms with Crippen LogP contribution in [0.15, 0.2) is 36.4 Å². The van der Waals surface area contributed by atoms with Crippen molar-refractivity contribution in [3.8, 4) is 0 Å². The normalized spacial score (nSPS) is 22.4. The van der Waals surface area contributed by atoms with E-state index < -0.39 is 0 Å². The molecule has 0 radical (unpaired) electrons. The van der Waals surface area contributed by atoms with Gasteiger partial charge in [0.2, 0.25) is 0 Å². The van der Waals surface area contributed by atoms with E-state index in [-0.39, 0.29) is 0 Å². The summed E-state index contributed by atoms with van der Waals surface area (Å²) >= 11 is 0. The van der Waals surface area contributed by atoms with Crippen LogP contribution in [0.25, 0.3) is 6.08 Å². The van der Waals surface area contributed by atoms with Gasteiger partial charge in [0.25, 0.3) is 0 Å². The zero-order chi connectivity index (χ0) is 15.0. The Morgan fingerprint density at radius 2 is 1.68 bits per heavy atom. The van der Waals surface area contributed by atoms with Crippen LogP contribution in [0.1, 0.15) is 18.4 Å². The van der Waals surface area contributed by atoms with Crippen molar-refractivity contribution < 1.29 is 4.74 Å². The molecular weight excluding hydrogens is 272 g/mol. The number of hydrogen-bond donors (Lipinski definition) is 0. The summed E-state index contributed by atoms with van der Waals surface area (Å²) < 4.78 is 5.43. The van der Waals surface area contributed by atoms with Crippen molar-refractivity contribution in [3.63, 3.8) is 0 Å². The summed E-state index contributed by atoms with van der Waals surface area (Å²) in [6.07, 6.45) is 7.23. The molecule has 0 bridgehead atoms. The predicted octanol–water partition coefficient (Wildman–Crippen LogP) is 2.74. The highest BCUT2D eigenvalue weighted by molar-refractivity contribution is 5.48. The Bertz CT molecular complexity index is 446. The molecule has 2 saturated heterocycles. The quantitative estimate of drug-likeness (QED) is 0.831. The van der Waals surface area contributed by atoms with Crippen LogP contribution in [-0.2, 0) is 4.74 Å². The van der Waals surface area contributed by atoms with E-state index in [0.29, 0.717) is 0 Å². The standard InChI is InChI=1S/C19H28N2O/c1-2-5-18(6-3-1)7-4-10-20-11-8-19(9-12-20)17-21-13-15-22-16-14-21/h1-7,19H,8-17H2/b7-4+. The van der Waals surface area contributed by atoms with Crippen molar-refractivity contribution in [2.45, 2.75) is 12.8 Å². The Kier molecular flexibility index (Phi) is 6.05. The number of benzene rings is 1. The number of rotatable bonds is 5. The summed E-state index contributed by atoms with van der Waals surface area (Å²) in [5.74, 6) is 0.882. The molecule has 0 atom stereocenters. The molecule has 22 heavy (non-hydrogen) atoms. The molecule has 1 aromatic carbocycles. The van der Waals surface area contributed by atoms with Gasteiger partial charge in [-0.25, -0.2) is 0 Å². The zero-order valence-electron chi connectivity index (χ0n) is 13.5. The number of hydrogen-bond acceptors (Lipinski definition) is 3. The van der Waals surface area contributed by atoms with Gasteiger partial charge in [0.1, 0.15) is 0 Å². The highest BCUT2D eigenvalue weighted by Gasteiger charge is 2.21. The summed E-state index contributed by atoms with van der Waals surface area (Å²) in [5.41, 5.74) is 1.30. The Hall–Kier alpha value is -1.16. The van der Waals surface area contributed by atoms with Crippen LogP contribution in [0.2, 0.25) is 0 Å². The first-order chi connectivity index (χ1) is 10.9. The van der Waals surface area contributed by atoms with Crippen LogP contribution < -0.4 is 0 Å². The van der Waals surface area contributed by atoms with Crippen LogP contribution in [0.3, 0.4) is 0 Å². The molecular formula is C19H28N2O. The van der Waals surface area contributed by atoms with E-state index in [1.54, 1.807) is 0 Å². The smallest absolute Gasteiger partial charge is 0.0594 e. The molecule has 3 nitrogen and oxygen atoms in total. The van der Waals surface area contributed by atoms with Crippen LogP contribution in [0.4, 0.5) is 0 Å². The second-order valence-corrected chi connectivity index (χ2v) is 6.47. The van der Waals surface area contributed by atoms with Gasteiger partial charge in [-0.2, -0.15) is 0 Å². The van der Waals surface area contributed by atoms with Gasteiger partial charge in [0.15, 0.2) is 0 Å². The molecule has 2 fully saturated rings. The Labute approximate surface area is 134 Å². The lowest BCUT2D eigenvalue weighted by Crippen LogP contribution is -2.42. The van der Waals surface area contributed by atoms with Gasteiger partial charge in [-0.3, -0.25) is 9.80 Å². The van der Waals surface area contributed by atoms with Crippen molar-refractivity contribution in [1.82, 2.24) is 9.80 Å². The highest BCUT2D eigenvalue weighted by atomic mass is 16.5. The number of ether oxygens (including phenoxy) is 1. The maximum atomic E-state index is 5.43. The van der Waals surface area contributed by atoms with Gasteiger partial charge in [-0.1, -0.05) is 42.5 Å². The van der Waals surface area contributed by atoms with E-state index in [9.17, 15) is 0 Å². The van der Waals surface area contributed by atoms with Crippen molar-refractivity contribution in [3.05, 3.63) is 42.0 Å². The first-order valence-corrected chi connectivity index (χ1v) is 8.64. The molecule has 0 saturated carbocycles. The third-order valence-electron chi connectivity index (χ3n) is 4.80. The van der Waals surface area contributed by atoms with E-state index in [2.05, 4.69) is 52.3 Å².